The molecule has 1 saturated heterocycles. The molecule has 1 aliphatic rings. The van der Waals surface area contributed by atoms with Crippen LogP contribution in [0.15, 0.2) is 12.2 Å². The molecule has 0 aromatic rings. The predicted octanol–water partition coefficient (Wildman–Crippen LogP) is 9.34. The van der Waals surface area contributed by atoms with Crippen molar-refractivity contribution in [2.75, 3.05) is 13.2 Å². The first-order valence-electron chi connectivity index (χ1n) is 22.9. The molecular weight excluding hydrogens is 682 g/mol. The average Bonchev–Trinajstić information content (AvgIpc) is 3.17. The predicted molar refractivity (Wildman–Crippen MR) is 221 cm³/mol. The van der Waals surface area contributed by atoms with Crippen LogP contribution in [-0.4, -0.2) is 87.5 Å². The number of hydrogen-bond acceptors (Lipinski definition) is 8. The maximum Gasteiger partial charge on any atom is 0.220 e. The lowest BCUT2D eigenvalue weighted by Gasteiger charge is -2.40. The summed E-state index contributed by atoms with van der Waals surface area (Å²) in [5, 5.41) is 54.0. The molecule has 1 fully saturated rings. The van der Waals surface area contributed by atoms with Crippen LogP contribution in [0.25, 0.3) is 0 Å². The third kappa shape index (κ3) is 26.7. The molecule has 54 heavy (non-hydrogen) atoms. The number of rotatable bonds is 38. The number of hydrogen-bond donors (Lipinski definition) is 6. The van der Waals surface area contributed by atoms with Gasteiger partial charge >= 0.3 is 0 Å². The number of nitrogens with one attached hydrogen (secondary N) is 1. The zero-order valence-corrected chi connectivity index (χ0v) is 35.0. The van der Waals surface area contributed by atoms with E-state index in [4.69, 9.17) is 9.47 Å². The quantitative estimate of drug-likeness (QED) is 0.0269. The highest BCUT2D eigenvalue weighted by Gasteiger charge is 2.44. The zero-order chi connectivity index (χ0) is 39.5. The fourth-order valence-corrected chi connectivity index (χ4v) is 7.39. The minimum Gasteiger partial charge on any atom is -0.394 e. The molecule has 0 aromatic heterocycles. The Balaban J connectivity index is 2.28. The Labute approximate surface area is 331 Å². The van der Waals surface area contributed by atoms with Gasteiger partial charge in [0, 0.05) is 6.42 Å². The molecule has 9 heteroatoms. The van der Waals surface area contributed by atoms with Crippen LogP contribution < -0.4 is 5.32 Å². The van der Waals surface area contributed by atoms with Gasteiger partial charge in [-0.05, 0) is 19.3 Å². The van der Waals surface area contributed by atoms with Crippen LogP contribution >= 0.6 is 0 Å². The highest BCUT2D eigenvalue weighted by molar-refractivity contribution is 5.76. The Morgan fingerprint density at radius 3 is 1.44 bits per heavy atom. The van der Waals surface area contributed by atoms with Crippen molar-refractivity contribution >= 4 is 5.91 Å². The van der Waals surface area contributed by atoms with E-state index in [1.54, 1.807) is 6.08 Å². The van der Waals surface area contributed by atoms with E-state index in [9.17, 15) is 30.3 Å². The van der Waals surface area contributed by atoms with Gasteiger partial charge in [-0.2, -0.15) is 0 Å². The Morgan fingerprint density at radius 1 is 0.611 bits per heavy atom. The number of carbonyl (C=O) groups excluding carboxylic acids is 1. The second-order valence-corrected chi connectivity index (χ2v) is 16.2. The van der Waals surface area contributed by atoms with Gasteiger partial charge in [-0.1, -0.05) is 199 Å². The lowest BCUT2D eigenvalue weighted by molar-refractivity contribution is -0.302. The van der Waals surface area contributed by atoms with Crippen LogP contribution in [0.1, 0.15) is 213 Å². The van der Waals surface area contributed by atoms with E-state index in [1.165, 1.54) is 154 Å². The van der Waals surface area contributed by atoms with Crippen LogP contribution in [0.5, 0.6) is 0 Å². The van der Waals surface area contributed by atoms with Gasteiger partial charge in [0.25, 0.3) is 0 Å². The molecule has 1 heterocycles. The molecule has 1 rings (SSSR count). The number of aliphatic hydroxyl groups is 5. The molecule has 6 N–H and O–H groups in total. The number of allylic oxidation sites excluding steroid dienone is 1. The van der Waals surface area contributed by atoms with Crippen molar-refractivity contribution in [3.63, 3.8) is 0 Å². The summed E-state index contributed by atoms with van der Waals surface area (Å²) in [5.74, 6) is -0.179. The van der Waals surface area contributed by atoms with E-state index >= 15 is 0 Å². The summed E-state index contributed by atoms with van der Waals surface area (Å²) in [5.41, 5.74) is 0. The van der Waals surface area contributed by atoms with E-state index in [2.05, 4.69) is 19.2 Å². The number of amides is 1. The number of carbonyl (C=O) groups is 1. The first-order valence-corrected chi connectivity index (χ1v) is 22.9. The number of aliphatic hydroxyl groups excluding tert-OH is 5. The summed E-state index contributed by atoms with van der Waals surface area (Å²) in [6.45, 7) is 3.75. The van der Waals surface area contributed by atoms with E-state index in [-0.39, 0.29) is 12.5 Å². The topological polar surface area (TPSA) is 149 Å². The maximum atomic E-state index is 12.9. The molecule has 0 radical (unpaired) electrons. The SMILES string of the molecule is CCCCCCCCCCCCCCCCCCCCCC/C=C/C(O)C(COC1OC(CO)C(O)C(O)C1O)NC(=O)CCCCCCCCCCC. The second kappa shape index (κ2) is 36.3. The van der Waals surface area contributed by atoms with Crippen molar-refractivity contribution in [2.24, 2.45) is 0 Å². The molecule has 0 aromatic carbocycles. The van der Waals surface area contributed by atoms with Crippen molar-refractivity contribution in [1.82, 2.24) is 5.32 Å². The lowest BCUT2D eigenvalue weighted by Crippen LogP contribution is -2.60. The summed E-state index contributed by atoms with van der Waals surface area (Å²) in [4.78, 5) is 12.9. The third-order valence-electron chi connectivity index (χ3n) is 11.1. The van der Waals surface area contributed by atoms with Crippen molar-refractivity contribution in [3.8, 4) is 0 Å². The van der Waals surface area contributed by atoms with Crippen molar-refractivity contribution in [1.29, 1.82) is 0 Å². The second-order valence-electron chi connectivity index (χ2n) is 16.2. The monoisotopic (exact) mass is 770 g/mol. The highest BCUT2D eigenvalue weighted by Crippen LogP contribution is 2.23. The van der Waals surface area contributed by atoms with Crippen molar-refractivity contribution in [2.45, 2.75) is 256 Å². The van der Waals surface area contributed by atoms with E-state index in [0.29, 0.717) is 6.42 Å². The van der Waals surface area contributed by atoms with Gasteiger partial charge in [0.15, 0.2) is 6.29 Å². The van der Waals surface area contributed by atoms with Crippen molar-refractivity contribution in [3.05, 3.63) is 12.2 Å². The van der Waals surface area contributed by atoms with Gasteiger partial charge in [0.1, 0.15) is 24.4 Å². The summed E-state index contributed by atoms with van der Waals surface area (Å²) in [6.07, 6.45) is 34.1. The van der Waals surface area contributed by atoms with Gasteiger partial charge in [-0.25, -0.2) is 0 Å². The normalized spacial score (nSPS) is 21.5. The van der Waals surface area contributed by atoms with Crippen LogP contribution in [0, 0.1) is 0 Å². The molecule has 0 aliphatic carbocycles. The maximum absolute atomic E-state index is 12.9. The minimum absolute atomic E-state index is 0.179. The molecule has 1 aliphatic heterocycles. The smallest absolute Gasteiger partial charge is 0.220 e. The Hall–Kier alpha value is -1.07. The standard InChI is InChI=1S/C45H87NO8/c1-3-5-7-9-11-13-14-15-16-17-18-19-20-21-22-23-24-25-27-28-30-32-34-39(48)38(37-53-45-44(52)43(51)42(50)40(36-47)54-45)46-41(49)35-33-31-29-26-12-10-8-6-4-2/h32,34,38-40,42-45,47-48,50-52H,3-31,33,35-37H2,1-2H3,(H,46,49)/b34-32+. The average molecular weight is 770 g/mol. The molecule has 7 atom stereocenters. The van der Waals surface area contributed by atoms with E-state index in [1.807, 2.05) is 6.08 Å². The zero-order valence-electron chi connectivity index (χ0n) is 35.0. The Kier molecular flexibility index (Phi) is 34.2. The molecule has 7 unspecified atom stereocenters. The Morgan fingerprint density at radius 2 is 1.02 bits per heavy atom. The van der Waals surface area contributed by atoms with Gasteiger partial charge in [-0.15, -0.1) is 0 Å². The fraction of sp³-hybridized carbons (Fsp3) is 0.933. The molecule has 1 amide bonds. The van der Waals surface area contributed by atoms with Gasteiger partial charge in [0.05, 0.1) is 25.4 Å². The summed E-state index contributed by atoms with van der Waals surface area (Å²) >= 11 is 0. The number of unbranched alkanes of at least 4 members (excludes halogenated alkanes) is 28. The molecule has 320 valence electrons. The summed E-state index contributed by atoms with van der Waals surface area (Å²) < 4.78 is 11.2. The first kappa shape index (κ1) is 50.9. The first-order chi connectivity index (χ1) is 26.3. The molecule has 0 bridgehead atoms. The third-order valence-corrected chi connectivity index (χ3v) is 11.1. The lowest BCUT2D eigenvalue weighted by atomic mass is 9.99. The highest BCUT2D eigenvalue weighted by atomic mass is 16.7. The fourth-order valence-electron chi connectivity index (χ4n) is 7.39. The van der Waals surface area contributed by atoms with Crippen molar-refractivity contribution < 1.29 is 39.8 Å². The largest absolute Gasteiger partial charge is 0.394 e. The molecule has 0 spiro atoms. The minimum atomic E-state index is -1.56. The van der Waals surface area contributed by atoms with Gasteiger partial charge < -0.3 is 40.3 Å². The van der Waals surface area contributed by atoms with Gasteiger partial charge in [-0.3, -0.25) is 4.79 Å². The number of ether oxygens (including phenoxy) is 2. The summed E-state index contributed by atoms with van der Waals surface area (Å²) in [7, 11) is 0. The van der Waals surface area contributed by atoms with Crippen LogP contribution in [0.4, 0.5) is 0 Å². The Bertz CT molecular complexity index is 858. The van der Waals surface area contributed by atoms with Gasteiger partial charge in [0.2, 0.25) is 5.91 Å². The molecule has 0 saturated carbocycles. The molecular formula is C45H87NO8. The van der Waals surface area contributed by atoms with Crippen LogP contribution in [0.2, 0.25) is 0 Å². The van der Waals surface area contributed by atoms with Crippen LogP contribution in [-0.2, 0) is 14.3 Å². The summed E-state index contributed by atoms with van der Waals surface area (Å²) in [6, 6.07) is -0.797. The van der Waals surface area contributed by atoms with E-state index in [0.717, 1.165) is 38.5 Å². The molecule has 9 nitrogen and oxygen atoms in total. The van der Waals surface area contributed by atoms with Crippen LogP contribution in [0.3, 0.4) is 0 Å². The van der Waals surface area contributed by atoms with E-state index < -0.39 is 49.5 Å².